The fourth-order valence-corrected chi connectivity index (χ4v) is 4.00. The molecule has 0 spiro atoms. The van der Waals surface area contributed by atoms with Crippen LogP contribution in [0.1, 0.15) is 35.1 Å². The molecule has 1 saturated heterocycles. The van der Waals surface area contributed by atoms with Crippen molar-refractivity contribution in [3.8, 4) is 11.3 Å². The summed E-state index contributed by atoms with van der Waals surface area (Å²) >= 11 is 0. The van der Waals surface area contributed by atoms with Crippen LogP contribution < -0.4 is 5.32 Å². The Hall–Kier alpha value is -4.20. The Kier molecular flexibility index (Phi) is 5.72. The van der Waals surface area contributed by atoms with E-state index in [0.29, 0.717) is 35.1 Å². The second-order valence-electron chi connectivity index (χ2n) is 7.76. The summed E-state index contributed by atoms with van der Waals surface area (Å²) in [6.45, 7) is 0.626. The largest absolute Gasteiger partial charge is 0.340 e. The summed E-state index contributed by atoms with van der Waals surface area (Å²) in [5.74, 6) is 0.662. The van der Waals surface area contributed by atoms with Crippen LogP contribution >= 0.6 is 0 Å². The van der Waals surface area contributed by atoms with Crippen LogP contribution in [0.3, 0.4) is 0 Å². The summed E-state index contributed by atoms with van der Waals surface area (Å²) < 4.78 is 13.7. The highest BCUT2D eigenvalue weighted by atomic mass is 19.1. The van der Waals surface area contributed by atoms with Gasteiger partial charge in [0.1, 0.15) is 11.6 Å². The second kappa shape index (κ2) is 9.12. The number of hydrogen-bond acceptors (Lipinski definition) is 6. The van der Waals surface area contributed by atoms with Gasteiger partial charge in [0.25, 0.3) is 5.91 Å². The normalized spacial score (nSPS) is 15.4. The summed E-state index contributed by atoms with van der Waals surface area (Å²) in [5.41, 5.74) is 2.74. The maximum absolute atomic E-state index is 13.7. The topological polar surface area (TPSA) is 83.9 Å². The Labute approximate surface area is 190 Å². The molecule has 0 bridgehead atoms. The zero-order valence-electron chi connectivity index (χ0n) is 17.7. The lowest BCUT2D eigenvalue weighted by Crippen LogP contribution is -2.31. The van der Waals surface area contributed by atoms with Gasteiger partial charge in [-0.15, -0.1) is 0 Å². The van der Waals surface area contributed by atoms with Crippen LogP contribution in [-0.4, -0.2) is 37.3 Å². The third-order valence-electron chi connectivity index (χ3n) is 5.56. The van der Waals surface area contributed by atoms with Gasteiger partial charge in [0.2, 0.25) is 0 Å². The number of hydrogen-bond donors (Lipinski definition) is 1. The minimum Gasteiger partial charge on any atom is -0.340 e. The Morgan fingerprint density at radius 3 is 2.48 bits per heavy atom. The quantitative estimate of drug-likeness (QED) is 0.480. The van der Waals surface area contributed by atoms with Crippen molar-refractivity contribution >= 4 is 17.4 Å². The van der Waals surface area contributed by atoms with Gasteiger partial charge < -0.3 is 10.2 Å². The van der Waals surface area contributed by atoms with E-state index in [1.807, 2.05) is 23.1 Å². The highest BCUT2D eigenvalue weighted by molar-refractivity contribution is 5.94. The molecule has 1 aliphatic heterocycles. The predicted molar refractivity (Wildman–Crippen MR) is 122 cm³/mol. The van der Waals surface area contributed by atoms with Gasteiger partial charge in [-0.3, -0.25) is 14.8 Å². The first-order chi connectivity index (χ1) is 16.2. The van der Waals surface area contributed by atoms with Crippen molar-refractivity contribution in [2.24, 2.45) is 0 Å². The van der Waals surface area contributed by atoms with E-state index in [4.69, 9.17) is 9.97 Å². The van der Waals surface area contributed by atoms with E-state index in [1.54, 1.807) is 49.1 Å². The van der Waals surface area contributed by atoms with E-state index in [1.165, 1.54) is 12.1 Å². The molecule has 0 saturated carbocycles. The lowest BCUT2D eigenvalue weighted by molar-refractivity contribution is 0.0730. The number of amides is 1. The van der Waals surface area contributed by atoms with Gasteiger partial charge in [0.15, 0.2) is 5.82 Å². The minimum absolute atomic E-state index is 0.0718. The van der Waals surface area contributed by atoms with E-state index in [-0.39, 0.29) is 17.8 Å². The molecule has 4 heterocycles. The van der Waals surface area contributed by atoms with Crippen LogP contribution in [0.25, 0.3) is 11.3 Å². The number of nitrogens with one attached hydrogen (secondary N) is 1. The third kappa shape index (κ3) is 4.55. The highest BCUT2D eigenvalue weighted by Gasteiger charge is 2.33. The standard InChI is InChI=1S/C25H21FN6O/c26-19-3-1-4-20(15-19)29-23-16-21(17-6-10-27-11-7-17)30-24(31-23)22-5-2-14-32(22)25(33)18-8-12-28-13-9-18/h1,3-4,6-13,15-16,22H,2,5,14H2,(H,29,30,31). The van der Waals surface area contributed by atoms with Gasteiger partial charge in [-0.1, -0.05) is 6.07 Å². The van der Waals surface area contributed by atoms with Crippen molar-refractivity contribution in [2.75, 3.05) is 11.9 Å². The van der Waals surface area contributed by atoms with Gasteiger partial charge >= 0.3 is 0 Å². The molecular weight excluding hydrogens is 419 g/mol. The number of halogens is 1. The number of nitrogens with zero attached hydrogens (tertiary/aromatic N) is 5. The van der Waals surface area contributed by atoms with Crippen LogP contribution in [-0.2, 0) is 0 Å². The average molecular weight is 440 g/mol. The molecule has 7 nitrogen and oxygen atoms in total. The van der Waals surface area contributed by atoms with Crippen molar-refractivity contribution in [3.05, 3.63) is 96.6 Å². The molecule has 1 amide bonds. The molecule has 3 aromatic heterocycles. The summed E-state index contributed by atoms with van der Waals surface area (Å²) in [6.07, 6.45) is 8.24. The Balaban J connectivity index is 1.53. The summed E-state index contributed by atoms with van der Waals surface area (Å²) in [6, 6.07) is 14.9. The fourth-order valence-electron chi connectivity index (χ4n) is 4.00. The number of likely N-dealkylation sites (tertiary alicyclic amines) is 1. The van der Waals surface area contributed by atoms with E-state index < -0.39 is 0 Å². The van der Waals surface area contributed by atoms with E-state index in [0.717, 1.165) is 18.4 Å². The van der Waals surface area contributed by atoms with Gasteiger partial charge in [0.05, 0.1) is 11.7 Å². The average Bonchev–Trinajstić information content (AvgIpc) is 3.35. The molecule has 33 heavy (non-hydrogen) atoms. The zero-order valence-corrected chi connectivity index (χ0v) is 17.7. The molecule has 0 radical (unpaired) electrons. The first-order valence-corrected chi connectivity index (χ1v) is 10.7. The number of aromatic nitrogens is 4. The number of carbonyl (C=O) groups excluding carboxylic acids is 1. The second-order valence-corrected chi connectivity index (χ2v) is 7.76. The molecule has 1 N–H and O–H groups in total. The maximum Gasteiger partial charge on any atom is 0.254 e. The van der Waals surface area contributed by atoms with Crippen LogP contribution in [0, 0.1) is 5.82 Å². The summed E-state index contributed by atoms with van der Waals surface area (Å²) in [5, 5.41) is 3.18. The first kappa shape index (κ1) is 20.7. The lowest BCUT2D eigenvalue weighted by Gasteiger charge is -2.24. The molecule has 5 rings (SSSR count). The molecule has 1 unspecified atom stereocenters. The van der Waals surface area contributed by atoms with Crippen molar-refractivity contribution < 1.29 is 9.18 Å². The Morgan fingerprint density at radius 1 is 0.970 bits per heavy atom. The smallest absolute Gasteiger partial charge is 0.254 e. The van der Waals surface area contributed by atoms with Crippen LogP contribution in [0.2, 0.25) is 0 Å². The first-order valence-electron chi connectivity index (χ1n) is 10.7. The third-order valence-corrected chi connectivity index (χ3v) is 5.56. The molecule has 164 valence electrons. The van der Waals surface area contributed by atoms with E-state index in [2.05, 4.69) is 15.3 Å². The van der Waals surface area contributed by atoms with Crippen LogP contribution in [0.15, 0.2) is 79.4 Å². The van der Waals surface area contributed by atoms with Gasteiger partial charge in [-0.25, -0.2) is 14.4 Å². The lowest BCUT2D eigenvalue weighted by atomic mass is 10.1. The monoisotopic (exact) mass is 440 g/mol. The molecule has 1 fully saturated rings. The molecule has 4 aromatic rings. The van der Waals surface area contributed by atoms with E-state index in [9.17, 15) is 9.18 Å². The molecule has 1 atom stereocenters. The molecule has 1 aromatic carbocycles. The summed E-state index contributed by atoms with van der Waals surface area (Å²) in [7, 11) is 0. The molecular formula is C25H21FN6O. The SMILES string of the molecule is O=C(c1ccncc1)N1CCCC1c1nc(Nc2cccc(F)c2)cc(-c2ccncc2)n1. The Morgan fingerprint density at radius 2 is 1.73 bits per heavy atom. The predicted octanol–water partition coefficient (Wildman–Crippen LogP) is 4.79. The van der Waals surface area contributed by atoms with Gasteiger partial charge in [-0.2, -0.15) is 0 Å². The summed E-state index contributed by atoms with van der Waals surface area (Å²) in [4.78, 5) is 32.6. The molecule has 8 heteroatoms. The van der Waals surface area contributed by atoms with Gasteiger partial charge in [-0.05, 0) is 55.3 Å². The highest BCUT2D eigenvalue weighted by Crippen LogP contribution is 2.33. The van der Waals surface area contributed by atoms with Crippen LogP contribution in [0.5, 0.6) is 0 Å². The van der Waals surface area contributed by atoms with Crippen molar-refractivity contribution in [3.63, 3.8) is 0 Å². The molecule has 1 aliphatic rings. The number of pyridine rings is 2. The maximum atomic E-state index is 13.7. The number of carbonyl (C=O) groups is 1. The van der Waals surface area contributed by atoms with Gasteiger partial charge in [0, 0.05) is 54.2 Å². The Bertz CT molecular complexity index is 1270. The molecule has 0 aliphatic carbocycles. The number of rotatable bonds is 5. The van der Waals surface area contributed by atoms with E-state index >= 15 is 0 Å². The number of benzene rings is 1. The van der Waals surface area contributed by atoms with Crippen molar-refractivity contribution in [1.29, 1.82) is 0 Å². The van der Waals surface area contributed by atoms with Crippen LogP contribution in [0.4, 0.5) is 15.9 Å². The minimum atomic E-state index is -0.339. The van der Waals surface area contributed by atoms with Crippen molar-refractivity contribution in [1.82, 2.24) is 24.8 Å². The van der Waals surface area contributed by atoms with Crippen molar-refractivity contribution in [2.45, 2.75) is 18.9 Å². The number of anilines is 2. The zero-order chi connectivity index (χ0) is 22.6. The fraction of sp³-hybridized carbons (Fsp3) is 0.160.